The average molecular weight is 223 g/mol. The van der Waals surface area contributed by atoms with Crippen molar-refractivity contribution in [2.24, 2.45) is 5.92 Å². The normalized spacial score (nSPS) is 24.7. The van der Waals surface area contributed by atoms with Gasteiger partial charge in [-0.1, -0.05) is 6.92 Å². The molecule has 0 bridgehead atoms. The van der Waals surface area contributed by atoms with Crippen LogP contribution in [0.5, 0.6) is 0 Å². The molecule has 1 aliphatic heterocycles. The lowest BCUT2D eigenvalue weighted by Crippen LogP contribution is -2.31. The zero-order chi connectivity index (χ0) is 11.7. The Morgan fingerprint density at radius 2 is 2.31 bits per heavy atom. The highest BCUT2D eigenvalue weighted by molar-refractivity contribution is 5.95. The van der Waals surface area contributed by atoms with Crippen LogP contribution >= 0.6 is 0 Å². The standard InChI is InChI=1S/C11H17N3O2/c1-6-4-5-16-10(6)11(15)12-9-7(2)13-14-8(9)3/h6,10H,4-5H2,1-3H3,(H,12,15)(H,13,14). The molecule has 1 aliphatic rings. The summed E-state index contributed by atoms with van der Waals surface area (Å²) < 4.78 is 5.41. The van der Waals surface area contributed by atoms with Gasteiger partial charge >= 0.3 is 0 Å². The molecule has 0 aromatic carbocycles. The molecule has 1 saturated heterocycles. The van der Waals surface area contributed by atoms with Crippen LogP contribution < -0.4 is 5.32 Å². The van der Waals surface area contributed by atoms with Crippen molar-refractivity contribution >= 4 is 11.6 Å². The van der Waals surface area contributed by atoms with Gasteiger partial charge in [0.25, 0.3) is 5.91 Å². The van der Waals surface area contributed by atoms with Crippen LogP contribution in [0.25, 0.3) is 0 Å². The van der Waals surface area contributed by atoms with Crippen molar-refractivity contribution in [3.63, 3.8) is 0 Å². The molecule has 0 aliphatic carbocycles. The van der Waals surface area contributed by atoms with Gasteiger partial charge in [-0.25, -0.2) is 0 Å². The number of rotatable bonds is 2. The lowest BCUT2D eigenvalue weighted by atomic mass is 10.0. The Kier molecular flexibility index (Phi) is 2.96. The van der Waals surface area contributed by atoms with E-state index in [4.69, 9.17) is 4.74 Å². The van der Waals surface area contributed by atoms with E-state index in [0.717, 1.165) is 23.5 Å². The number of aromatic amines is 1. The third kappa shape index (κ3) is 1.95. The second-order valence-electron chi connectivity index (χ2n) is 4.36. The summed E-state index contributed by atoms with van der Waals surface area (Å²) in [5, 5.41) is 9.75. The van der Waals surface area contributed by atoms with Gasteiger partial charge in [0.15, 0.2) is 0 Å². The van der Waals surface area contributed by atoms with E-state index < -0.39 is 0 Å². The Bertz CT molecular complexity index is 380. The van der Waals surface area contributed by atoms with E-state index >= 15 is 0 Å². The minimum atomic E-state index is -0.325. The van der Waals surface area contributed by atoms with Crippen molar-refractivity contribution in [3.05, 3.63) is 11.4 Å². The minimum Gasteiger partial charge on any atom is -0.368 e. The predicted molar refractivity (Wildman–Crippen MR) is 60.2 cm³/mol. The van der Waals surface area contributed by atoms with Gasteiger partial charge in [0.1, 0.15) is 6.10 Å². The zero-order valence-corrected chi connectivity index (χ0v) is 9.83. The molecular weight excluding hydrogens is 206 g/mol. The highest BCUT2D eigenvalue weighted by atomic mass is 16.5. The Morgan fingerprint density at radius 3 is 2.81 bits per heavy atom. The van der Waals surface area contributed by atoms with E-state index in [1.54, 1.807) is 0 Å². The molecule has 5 heteroatoms. The Morgan fingerprint density at radius 1 is 1.56 bits per heavy atom. The van der Waals surface area contributed by atoms with Crippen molar-refractivity contribution in [2.75, 3.05) is 11.9 Å². The van der Waals surface area contributed by atoms with Gasteiger partial charge in [0.2, 0.25) is 0 Å². The van der Waals surface area contributed by atoms with Crippen molar-refractivity contribution in [3.8, 4) is 0 Å². The van der Waals surface area contributed by atoms with Gasteiger partial charge < -0.3 is 10.1 Å². The largest absolute Gasteiger partial charge is 0.368 e. The molecule has 16 heavy (non-hydrogen) atoms. The SMILES string of the molecule is Cc1n[nH]c(C)c1NC(=O)C1OCCC1C. The van der Waals surface area contributed by atoms with Crippen LogP contribution in [0.3, 0.4) is 0 Å². The first-order valence-corrected chi connectivity index (χ1v) is 5.53. The number of carbonyl (C=O) groups is 1. The van der Waals surface area contributed by atoms with E-state index in [-0.39, 0.29) is 17.9 Å². The third-order valence-corrected chi connectivity index (χ3v) is 3.02. The van der Waals surface area contributed by atoms with Gasteiger partial charge in [0, 0.05) is 6.61 Å². The van der Waals surface area contributed by atoms with E-state index in [1.165, 1.54) is 0 Å². The molecule has 1 aromatic rings. The lowest BCUT2D eigenvalue weighted by molar-refractivity contribution is -0.126. The quantitative estimate of drug-likeness (QED) is 0.796. The van der Waals surface area contributed by atoms with E-state index in [1.807, 2.05) is 20.8 Å². The fourth-order valence-corrected chi connectivity index (χ4v) is 1.96. The number of carbonyl (C=O) groups excluding carboxylic acids is 1. The first-order chi connectivity index (χ1) is 7.59. The first kappa shape index (κ1) is 11.1. The fourth-order valence-electron chi connectivity index (χ4n) is 1.96. The smallest absolute Gasteiger partial charge is 0.253 e. The Labute approximate surface area is 94.6 Å². The number of hydrogen-bond acceptors (Lipinski definition) is 3. The molecule has 1 amide bonds. The molecule has 2 atom stereocenters. The predicted octanol–water partition coefficient (Wildman–Crippen LogP) is 1.39. The van der Waals surface area contributed by atoms with Crippen LogP contribution in [0.1, 0.15) is 24.7 Å². The molecule has 2 unspecified atom stereocenters. The minimum absolute atomic E-state index is 0.0717. The average Bonchev–Trinajstić information content (AvgIpc) is 2.79. The second kappa shape index (κ2) is 4.25. The number of nitrogens with one attached hydrogen (secondary N) is 2. The molecular formula is C11H17N3O2. The number of aryl methyl sites for hydroxylation is 2. The Balaban J connectivity index is 2.07. The van der Waals surface area contributed by atoms with Gasteiger partial charge in [-0.15, -0.1) is 0 Å². The first-order valence-electron chi connectivity index (χ1n) is 5.53. The van der Waals surface area contributed by atoms with E-state index in [2.05, 4.69) is 15.5 Å². The van der Waals surface area contributed by atoms with Crippen molar-refractivity contribution in [1.29, 1.82) is 0 Å². The maximum atomic E-state index is 11.9. The molecule has 2 rings (SSSR count). The van der Waals surface area contributed by atoms with Crippen LogP contribution in [0.4, 0.5) is 5.69 Å². The molecule has 0 radical (unpaired) electrons. The molecule has 1 aromatic heterocycles. The summed E-state index contributed by atoms with van der Waals surface area (Å²) in [4.78, 5) is 11.9. The number of aromatic nitrogens is 2. The van der Waals surface area contributed by atoms with Crippen molar-refractivity contribution in [2.45, 2.75) is 33.3 Å². The summed E-state index contributed by atoms with van der Waals surface area (Å²) in [6.45, 7) is 6.45. The van der Waals surface area contributed by atoms with Gasteiger partial charge in [-0.05, 0) is 26.2 Å². The van der Waals surface area contributed by atoms with Crippen molar-refractivity contribution < 1.29 is 9.53 Å². The molecule has 5 nitrogen and oxygen atoms in total. The van der Waals surface area contributed by atoms with Crippen LogP contribution in [0.2, 0.25) is 0 Å². The van der Waals surface area contributed by atoms with Crippen LogP contribution in [-0.4, -0.2) is 28.8 Å². The molecule has 2 heterocycles. The highest BCUT2D eigenvalue weighted by Crippen LogP contribution is 2.23. The number of amides is 1. The lowest BCUT2D eigenvalue weighted by Gasteiger charge is -2.14. The van der Waals surface area contributed by atoms with Crippen LogP contribution in [0.15, 0.2) is 0 Å². The molecule has 0 spiro atoms. The summed E-state index contributed by atoms with van der Waals surface area (Å²) in [6, 6.07) is 0. The number of ether oxygens (including phenoxy) is 1. The summed E-state index contributed by atoms with van der Waals surface area (Å²) >= 11 is 0. The van der Waals surface area contributed by atoms with Gasteiger partial charge in [-0.3, -0.25) is 9.89 Å². The molecule has 1 fully saturated rings. The second-order valence-corrected chi connectivity index (χ2v) is 4.36. The number of hydrogen-bond donors (Lipinski definition) is 2. The topological polar surface area (TPSA) is 67.0 Å². The fraction of sp³-hybridized carbons (Fsp3) is 0.636. The summed E-state index contributed by atoms with van der Waals surface area (Å²) in [6.07, 6.45) is 0.621. The maximum absolute atomic E-state index is 11.9. The summed E-state index contributed by atoms with van der Waals surface area (Å²) in [5.41, 5.74) is 2.45. The summed E-state index contributed by atoms with van der Waals surface area (Å²) in [7, 11) is 0. The third-order valence-electron chi connectivity index (χ3n) is 3.02. The van der Waals surface area contributed by atoms with Gasteiger partial charge in [-0.2, -0.15) is 5.10 Å². The highest BCUT2D eigenvalue weighted by Gasteiger charge is 2.31. The monoisotopic (exact) mass is 223 g/mol. The van der Waals surface area contributed by atoms with E-state index in [0.29, 0.717) is 6.61 Å². The molecule has 0 saturated carbocycles. The van der Waals surface area contributed by atoms with Crippen molar-refractivity contribution in [1.82, 2.24) is 10.2 Å². The number of nitrogens with zero attached hydrogens (tertiary/aromatic N) is 1. The Hall–Kier alpha value is -1.36. The number of H-pyrrole nitrogens is 1. The molecule has 2 N–H and O–H groups in total. The summed E-state index contributed by atoms with van der Waals surface area (Å²) in [5.74, 6) is 0.213. The zero-order valence-electron chi connectivity index (χ0n) is 9.83. The van der Waals surface area contributed by atoms with Crippen LogP contribution in [0, 0.1) is 19.8 Å². The maximum Gasteiger partial charge on any atom is 0.253 e. The van der Waals surface area contributed by atoms with E-state index in [9.17, 15) is 4.79 Å². The van der Waals surface area contributed by atoms with Crippen LogP contribution in [-0.2, 0) is 9.53 Å². The molecule has 88 valence electrons. The van der Waals surface area contributed by atoms with Gasteiger partial charge in [0.05, 0.1) is 17.1 Å². The number of anilines is 1.